The first kappa shape index (κ1) is 14.4. The van der Waals surface area contributed by atoms with Gasteiger partial charge in [-0.2, -0.15) is 0 Å². The van der Waals surface area contributed by atoms with Crippen LogP contribution < -0.4 is 0 Å². The summed E-state index contributed by atoms with van der Waals surface area (Å²) in [4.78, 5) is 15.9. The van der Waals surface area contributed by atoms with Crippen molar-refractivity contribution in [2.24, 2.45) is 0 Å². The minimum absolute atomic E-state index is 0.0385. The second kappa shape index (κ2) is 5.47. The van der Waals surface area contributed by atoms with Gasteiger partial charge in [-0.3, -0.25) is 4.79 Å². The van der Waals surface area contributed by atoms with Crippen LogP contribution in [-0.4, -0.2) is 12.0 Å². The number of fused-ring (bicyclic) bond motifs is 4. The van der Waals surface area contributed by atoms with Crippen LogP contribution in [0.25, 0.3) is 0 Å². The quantitative estimate of drug-likeness (QED) is 0.662. The Hall–Kier alpha value is -1.19. The van der Waals surface area contributed by atoms with Gasteiger partial charge in [0.1, 0.15) is 5.78 Å². The molecule has 0 saturated heterocycles. The van der Waals surface area contributed by atoms with Crippen molar-refractivity contribution in [2.75, 3.05) is 6.26 Å². The Morgan fingerprint density at radius 3 is 2.50 bits per heavy atom. The van der Waals surface area contributed by atoms with Gasteiger partial charge < -0.3 is 0 Å². The Bertz CT molecular complexity index is 741. The summed E-state index contributed by atoms with van der Waals surface area (Å²) in [6.45, 7) is 0. The van der Waals surface area contributed by atoms with Crippen molar-refractivity contribution >= 4 is 29.3 Å². The Kier molecular flexibility index (Phi) is 3.58. The number of hydrogen-bond donors (Lipinski definition) is 0. The number of rotatable bonds is 1. The van der Waals surface area contributed by atoms with Crippen LogP contribution in [-0.2, 0) is 10.2 Å². The Morgan fingerprint density at radius 1 is 1.00 bits per heavy atom. The molecule has 112 valence electrons. The number of ketones is 1. The van der Waals surface area contributed by atoms with Gasteiger partial charge in [-0.25, -0.2) is 0 Å². The van der Waals surface area contributed by atoms with Gasteiger partial charge in [0.2, 0.25) is 0 Å². The topological polar surface area (TPSA) is 17.1 Å². The minimum Gasteiger partial charge on any atom is -0.300 e. The third-order valence-corrected chi connectivity index (χ3v) is 6.86. The van der Waals surface area contributed by atoms with E-state index < -0.39 is 0 Å². The lowest BCUT2D eigenvalue weighted by Crippen LogP contribution is -2.35. The second-order valence-corrected chi connectivity index (χ2v) is 8.04. The lowest BCUT2D eigenvalue weighted by molar-refractivity contribution is -0.121. The number of hydrogen-bond acceptors (Lipinski definition) is 3. The van der Waals surface area contributed by atoms with Crippen LogP contribution >= 0.6 is 23.5 Å². The molecule has 1 heterocycles. The Morgan fingerprint density at radius 2 is 1.73 bits per heavy atom. The minimum atomic E-state index is 0.0385. The largest absolute Gasteiger partial charge is 0.300 e. The first-order chi connectivity index (χ1) is 10.7. The lowest BCUT2D eigenvalue weighted by Gasteiger charge is -2.43. The highest BCUT2D eigenvalue weighted by Crippen LogP contribution is 2.55. The number of carbonyl (C=O) groups excluding carboxylic acids is 1. The van der Waals surface area contributed by atoms with Crippen molar-refractivity contribution in [2.45, 2.75) is 45.8 Å². The highest BCUT2D eigenvalue weighted by Gasteiger charge is 2.43. The summed E-state index contributed by atoms with van der Waals surface area (Å²) in [7, 11) is 0. The summed E-state index contributed by atoms with van der Waals surface area (Å²) in [5.41, 5.74) is 2.91. The third kappa shape index (κ3) is 2.14. The first-order valence-corrected chi connectivity index (χ1v) is 9.75. The van der Waals surface area contributed by atoms with Gasteiger partial charge in [0.15, 0.2) is 0 Å². The maximum atomic E-state index is 11.8. The molecule has 0 amide bonds. The van der Waals surface area contributed by atoms with E-state index in [2.05, 4.69) is 48.7 Å². The van der Waals surface area contributed by atoms with E-state index >= 15 is 0 Å². The zero-order valence-corrected chi connectivity index (χ0v) is 14.2. The van der Waals surface area contributed by atoms with E-state index in [1.807, 2.05) is 11.8 Å². The molecule has 0 unspecified atom stereocenters. The second-order valence-electron chi connectivity index (χ2n) is 6.08. The summed E-state index contributed by atoms with van der Waals surface area (Å²) in [5, 5.41) is 0. The van der Waals surface area contributed by atoms with Gasteiger partial charge in [0, 0.05) is 32.9 Å². The third-order valence-electron chi connectivity index (χ3n) is 4.99. The molecule has 2 aromatic rings. The average molecular weight is 326 g/mol. The maximum Gasteiger partial charge on any atom is 0.133 e. The van der Waals surface area contributed by atoms with Crippen molar-refractivity contribution in [1.82, 2.24) is 0 Å². The fourth-order valence-corrected chi connectivity index (χ4v) is 5.50. The molecule has 0 atom stereocenters. The predicted molar refractivity (Wildman–Crippen MR) is 93.0 cm³/mol. The SMILES string of the molecule is CSc1ccc2c(c1)C1(CCC(=O)CC1)c1ccccc1S2. The number of Topliss-reactive ketones (excluding diaryl/α,β-unsaturated/α-hetero) is 1. The molecular weight excluding hydrogens is 308 g/mol. The van der Waals surface area contributed by atoms with E-state index in [4.69, 9.17) is 0 Å². The Labute approximate surface area is 139 Å². The first-order valence-electron chi connectivity index (χ1n) is 7.70. The van der Waals surface area contributed by atoms with Gasteiger partial charge in [-0.05, 0) is 54.5 Å². The fraction of sp³-hybridized carbons (Fsp3) is 0.316. The number of carbonyl (C=O) groups is 1. The number of benzene rings is 2. The van der Waals surface area contributed by atoms with Crippen molar-refractivity contribution in [1.29, 1.82) is 0 Å². The van der Waals surface area contributed by atoms with E-state index in [9.17, 15) is 4.79 Å². The summed E-state index contributed by atoms with van der Waals surface area (Å²) in [5.74, 6) is 0.420. The molecule has 1 fully saturated rings. The zero-order chi connectivity index (χ0) is 15.2. The van der Waals surface area contributed by atoms with Crippen molar-refractivity contribution < 1.29 is 4.79 Å². The molecule has 1 aliphatic carbocycles. The summed E-state index contributed by atoms with van der Waals surface area (Å²) < 4.78 is 0. The van der Waals surface area contributed by atoms with E-state index in [-0.39, 0.29) is 5.41 Å². The van der Waals surface area contributed by atoms with Crippen molar-refractivity contribution in [3.8, 4) is 0 Å². The van der Waals surface area contributed by atoms with E-state index in [0.29, 0.717) is 18.6 Å². The molecule has 0 N–H and O–H groups in total. The predicted octanol–water partition coefficient (Wildman–Crippen LogP) is 5.30. The molecule has 1 spiro atoms. The van der Waals surface area contributed by atoms with E-state index in [1.165, 1.54) is 25.8 Å². The summed E-state index contributed by atoms with van der Waals surface area (Å²) >= 11 is 3.67. The number of thioether (sulfide) groups is 1. The molecule has 1 aliphatic heterocycles. The highest BCUT2D eigenvalue weighted by atomic mass is 32.2. The molecule has 0 aromatic heterocycles. The lowest BCUT2D eigenvalue weighted by atomic mass is 9.65. The van der Waals surface area contributed by atoms with Crippen LogP contribution in [0.2, 0.25) is 0 Å². The summed E-state index contributed by atoms with van der Waals surface area (Å²) in [6, 6.07) is 15.6. The molecule has 0 radical (unpaired) electrons. The van der Waals surface area contributed by atoms with Gasteiger partial charge in [-0.15, -0.1) is 11.8 Å². The molecular formula is C19H18OS2. The van der Waals surface area contributed by atoms with Crippen LogP contribution in [0.15, 0.2) is 57.2 Å². The molecule has 0 bridgehead atoms. The van der Waals surface area contributed by atoms with Gasteiger partial charge in [0.05, 0.1) is 0 Å². The van der Waals surface area contributed by atoms with E-state index in [1.54, 1.807) is 11.8 Å². The van der Waals surface area contributed by atoms with Crippen LogP contribution in [0.3, 0.4) is 0 Å². The monoisotopic (exact) mass is 326 g/mol. The molecule has 1 nitrogen and oxygen atoms in total. The van der Waals surface area contributed by atoms with Gasteiger partial charge in [-0.1, -0.05) is 30.0 Å². The smallest absolute Gasteiger partial charge is 0.133 e. The molecule has 2 aliphatic rings. The molecule has 22 heavy (non-hydrogen) atoms. The maximum absolute atomic E-state index is 11.8. The highest BCUT2D eigenvalue weighted by molar-refractivity contribution is 7.99. The molecule has 2 aromatic carbocycles. The van der Waals surface area contributed by atoms with E-state index in [0.717, 1.165) is 12.8 Å². The molecule has 4 rings (SSSR count). The average Bonchev–Trinajstić information content (AvgIpc) is 2.57. The van der Waals surface area contributed by atoms with Crippen LogP contribution in [0.1, 0.15) is 36.8 Å². The Balaban J connectivity index is 1.94. The van der Waals surface area contributed by atoms with Crippen LogP contribution in [0, 0.1) is 0 Å². The van der Waals surface area contributed by atoms with Crippen molar-refractivity contribution in [3.63, 3.8) is 0 Å². The fourth-order valence-electron chi connectivity index (χ4n) is 3.81. The standard InChI is InChI=1S/C19H18OS2/c1-21-14-6-7-18-16(12-14)19(10-8-13(20)9-11-19)15-4-2-3-5-17(15)22-18/h2-7,12H,8-11H2,1H3. The zero-order valence-electron chi connectivity index (χ0n) is 12.6. The van der Waals surface area contributed by atoms with Gasteiger partial charge in [0.25, 0.3) is 0 Å². The van der Waals surface area contributed by atoms with Crippen LogP contribution in [0.5, 0.6) is 0 Å². The normalized spacial score (nSPS) is 18.9. The van der Waals surface area contributed by atoms with Gasteiger partial charge >= 0.3 is 0 Å². The van der Waals surface area contributed by atoms with Crippen molar-refractivity contribution in [3.05, 3.63) is 53.6 Å². The molecule has 1 saturated carbocycles. The van der Waals surface area contributed by atoms with Crippen LogP contribution in [0.4, 0.5) is 0 Å². The molecule has 3 heteroatoms. The summed E-state index contributed by atoms with van der Waals surface area (Å²) in [6.07, 6.45) is 5.45.